The molecular weight excluding hydrogens is 528 g/mol. The fraction of sp³-hybridized carbons (Fsp3) is 0.455. The van der Waals surface area contributed by atoms with Gasteiger partial charge in [0.25, 0.3) is 0 Å². The Morgan fingerprint density at radius 1 is 0.886 bits per heavy atom. The Labute approximate surface area is 267 Å². The van der Waals surface area contributed by atoms with Gasteiger partial charge >= 0.3 is 0 Å². The van der Waals surface area contributed by atoms with Crippen molar-refractivity contribution in [2.45, 2.75) is 98.8 Å². The van der Waals surface area contributed by atoms with Crippen LogP contribution in [-0.4, -0.2) is 0 Å². The van der Waals surface area contributed by atoms with Gasteiger partial charge in [-0.25, -0.2) is 0 Å². The summed E-state index contributed by atoms with van der Waals surface area (Å²) in [6.07, 6.45) is 15.7. The van der Waals surface area contributed by atoms with Crippen molar-refractivity contribution in [2.24, 2.45) is 29.6 Å². The Hall–Kier alpha value is -3.12. The van der Waals surface area contributed by atoms with Gasteiger partial charge in [0.15, 0.2) is 0 Å². The molecule has 0 heterocycles. The SMILES string of the molecule is C=C(C)Cc1c(C)cc2c(c1-c1ccc(C)cc1)CC(c1ccc3c(c1)C(C1CCC(C4CC(C(C)C)C4)CC1)=CC3C)=C2. The highest BCUT2D eigenvalue weighted by molar-refractivity contribution is 5.94. The van der Waals surface area contributed by atoms with Crippen LogP contribution in [0.3, 0.4) is 0 Å². The number of rotatable bonds is 7. The van der Waals surface area contributed by atoms with Gasteiger partial charge in [0.1, 0.15) is 0 Å². The van der Waals surface area contributed by atoms with Crippen LogP contribution in [0.2, 0.25) is 0 Å². The fourth-order valence-electron chi connectivity index (χ4n) is 9.21. The summed E-state index contributed by atoms with van der Waals surface area (Å²) in [7, 11) is 0. The van der Waals surface area contributed by atoms with E-state index in [9.17, 15) is 0 Å². The Balaban J connectivity index is 1.14. The Kier molecular flexibility index (Phi) is 7.84. The molecular formula is C44H52. The van der Waals surface area contributed by atoms with Crippen molar-refractivity contribution in [3.05, 3.63) is 111 Å². The number of fused-ring (bicyclic) bond motifs is 2. The standard InChI is InChI=1S/C44H52/c1-26(2)18-40-29(6)19-38-23-37(25-42(38)44(40)33-10-8-28(5)9-11-33)34-16-17-39-30(7)20-41(43(39)24-34)32-14-12-31(13-15-32)36-21-35(22-36)27(3)4/h8-11,16-17,19-20,23-24,27,30-32,35-36H,1,12-15,18,21-22,25H2,2-7H3. The summed E-state index contributed by atoms with van der Waals surface area (Å²) < 4.78 is 0. The number of hydrogen-bond acceptors (Lipinski definition) is 0. The van der Waals surface area contributed by atoms with Gasteiger partial charge in [0.2, 0.25) is 0 Å². The molecule has 0 nitrogen and oxygen atoms in total. The third-order valence-electron chi connectivity index (χ3n) is 12.0. The molecule has 4 aliphatic rings. The maximum Gasteiger partial charge on any atom is 0.000174 e. The predicted octanol–water partition coefficient (Wildman–Crippen LogP) is 12.2. The molecule has 3 aromatic carbocycles. The zero-order valence-electron chi connectivity index (χ0n) is 28.1. The van der Waals surface area contributed by atoms with E-state index in [0.29, 0.717) is 5.92 Å². The van der Waals surface area contributed by atoms with Crippen LogP contribution in [0.4, 0.5) is 0 Å². The number of hydrogen-bond donors (Lipinski definition) is 0. The minimum atomic E-state index is 0.528. The second kappa shape index (κ2) is 11.7. The van der Waals surface area contributed by atoms with Crippen LogP contribution in [0, 0.1) is 43.4 Å². The molecule has 0 bridgehead atoms. The zero-order chi connectivity index (χ0) is 30.7. The molecule has 3 aromatic rings. The molecule has 1 atom stereocenters. The molecule has 228 valence electrons. The van der Waals surface area contributed by atoms with Crippen LogP contribution >= 0.6 is 0 Å². The smallest absolute Gasteiger partial charge is 0.000174 e. The lowest BCUT2D eigenvalue weighted by atomic mass is 9.60. The van der Waals surface area contributed by atoms with E-state index in [-0.39, 0.29) is 0 Å². The van der Waals surface area contributed by atoms with E-state index >= 15 is 0 Å². The lowest BCUT2D eigenvalue weighted by Crippen LogP contribution is -2.34. The molecule has 0 heteroatoms. The minimum absolute atomic E-state index is 0.528. The van der Waals surface area contributed by atoms with Crippen LogP contribution in [0.25, 0.3) is 28.3 Å². The Bertz CT molecular complexity index is 1640. The van der Waals surface area contributed by atoms with E-state index in [2.05, 4.69) is 109 Å². The van der Waals surface area contributed by atoms with E-state index in [1.54, 1.807) is 16.7 Å². The van der Waals surface area contributed by atoms with Crippen LogP contribution < -0.4 is 0 Å². The van der Waals surface area contributed by atoms with Crippen molar-refractivity contribution < 1.29 is 0 Å². The van der Waals surface area contributed by atoms with Crippen LogP contribution in [-0.2, 0) is 12.8 Å². The van der Waals surface area contributed by atoms with Crippen LogP contribution in [0.15, 0.2) is 66.8 Å². The summed E-state index contributed by atoms with van der Waals surface area (Å²) in [5.74, 6) is 5.13. The summed E-state index contributed by atoms with van der Waals surface area (Å²) in [5.41, 5.74) is 18.7. The van der Waals surface area contributed by atoms with Crippen molar-refractivity contribution in [2.75, 3.05) is 0 Å². The van der Waals surface area contributed by atoms with E-state index in [1.807, 2.05) is 0 Å². The molecule has 0 amide bonds. The lowest BCUT2D eigenvalue weighted by Gasteiger charge is -2.45. The third-order valence-corrected chi connectivity index (χ3v) is 12.0. The molecule has 0 radical (unpaired) electrons. The molecule has 2 saturated carbocycles. The normalized spacial score (nSPS) is 25.8. The molecule has 0 spiro atoms. The molecule has 0 saturated heterocycles. The van der Waals surface area contributed by atoms with E-state index in [4.69, 9.17) is 0 Å². The van der Waals surface area contributed by atoms with Crippen molar-refractivity contribution in [1.29, 1.82) is 0 Å². The van der Waals surface area contributed by atoms with Gasteiger partial charge in [0.05, 0.1) is 0 Å². The molecule has 0 aromatic heterocycles. The average molecular weight is 581 g/mol. The first-order valence-electron chi connectivity index (χ1n) is 17.6. The first-order valence-corrected chi connectivity index (χ1v) is 17.6. The predicted molar refractivity (Wildman–Crippen MR) is 191 cm³/mol. The number of benzene rings is 3. The molecule has 0 N–H and O–H groups in total. The van der Waals surface area contributed by atoms with Gasteiger partial charge in [0, 0.05) is 5.92 Å². The summed E-state index contributed by atoms with van der Waals surface area (Å²) in [6.45, 7) is 18.2. The maximum absolute atomic E-state index is 4.29. The highest BCUT2D eigenvalue weighted by atomic mass is 14.4. The molecule has 0 aliphatic heterocycles. The van der Waals surface area contributed by atoms with E-state index in [0.717, 1.165) is 42.4 Å². The minimum Gasteiger partial charge on any atom is -0.0998 e. The first kappa shape index (κ1) is 29.6. The van der Waals surface area contributed by atoms with Gasteiger partial charge < -0.3 is 0 Å². The quantitative estimate of drug-likeness (QED) is 0.244. The summed E-state index contributed by atoms with van der Waals surface area (Å²) in [5, 5.41) is 0. The highest BCUT2D eigenvalue weighted by Gasteiger charge is 2.39. The van der Waals surface area contributed by atoms with Crippen molar-refractivity contribution in [1.82, 2.24) is 0 Å². The van der Waals surface area contributed by atoms with Gasteiger partial charge in [-0.3, -0.25) is 0 Å². The summed E-state index contributed by atoms with van der Waals surface area (Å²) in [4.78, 5) is 0. The second-order valence-electron chi connectivity index (χ2n) is 15.5. The van der Waals surface area contributed by atoms with Crippen molar-refractivity contribution >= 4 is 17.2 Å². The Morgan fingerprint density at radius 3 is 2.27 bits per heavy atom. The largest absolute Gasteiger partial charge is 0.0998 e. The molecule has 44 heavy (non-hydrogen) atoms. The van der Waals surface area contributed by atoms with Gasteiger partial charge in [-0.05, 0) is 169 Å². The zero-order valence-corrected chi connectivity index (χ0v) is 28.1. The van der Waals surface area contributed by atoms with Crippen LogP contribution in [0.5, 0.6) is 0 Å². The van der Waals surface area contributed by atoms with Gasteiger partial charge in [-0.2, -0.15) is 0 Å². The first-order chi connectivity index (χ1) is 21.2. The van der Waals surface area contributed by atoms with Crippen LogP contribution in [0.1, 0.15) is 117 Å². The van der Waals surface area contributed by atoms with E-state index in [1.165, 1.54) is 94.2 Å². The molecule has 1 unspecified atom stereocenters. The summed E-state index contributed by atoms with van der Waals surface area (Å²) >= 11 is 0. The lowest BCUT2D eigenvalue weighted by molar-refractivity contribution is 0.0646. The maximum atomic E-state index is 4.29. The second-order valence-corrected chi connectivity index (χ2v) is 15.5. The topological polar surface area (TPSA) is 0 Å². The third kappa shape index (κ3) is 5.37. The molecule has 2 fully saturated rings. The van der Waals surface area contributed by atoms with Gasteiger partial charge in [-0.1, -0.05) is 93.1 Å². The highest BCUT2D eigenvalue weighted by Crippen LogP contribution is 2.52. The van der Waals surface area contributed by atoms with Crippen molar-refractivity contribution in [3.63, 3.8) is 0 Å². The molecule has 4 aliphatic carbocycles. The monoisotopic (exact) mass is 580 g/mol. The fourth-order valence-corrected chi connectivity index (χ4v) is 9.21. The van der Waals surface area contributed by atoms with E-state index < -0.39 is 0 Å². The Morgan fingerprint density at radius 2 is 1.59 bits per heavy atom. The molecule has 7 rings (SSSR count). The summed E-state index contributed by atoms with van der Waals surface area (Å²) in [6, 6.07) is 19.0. The number of aryl methyl sites for hydroxylation is 2. The number of allylic oxidation sites excluding steroid dienone is 4. The van der Waals surface area contributed by atoms with Gasteiger partial charge in [-0.15, -0.1) is 0 Å². The average Bonchev–Trinajstić information content (AvgIpc) is 3.54. The van der Waals surface area contributed by atoms with Crippen molar-refractivity contribution in [3.8, 4) is 11.1 Å².